The number of hydrogen-bond donors (Lipinski definition) is 1. The summed E-state index contributed by atoms with van der Waals surface area (Å²) in [4.78, 5) is 10.3. The Morgan fingerprint density at radius 3 is 2.33 bits per heavy atom. The van der Waals surface area contributed by atoms with Crippen LogP contribution in [0.4, 0.5) is 0 Å². The lowest BCUT2D eigenvalue weighted by molar-refractivity contribution is -0.104. The summed E-state index contributed by atoms with van der Waals surface area (Å²) in [5, 5.41) is 9.59. The molecule has 1 unspecified atom stereocenters. The molecule has 0 amide bonds. The molecule has 2 nitrogen and oxygen atoms in total. The first-order valence-corrected chi connectivity index (χ1v) is 3.90. The fourth-order valence-corrected chi connectivity index (χ4v) is 0.883. The predicted molar refractivity (Wildman–Crippen MR) is 49.8 cm³/mol. The van der Waals surface area contributed by atoms with E-state index in [1.165, 1.54) is 0 Å². The van der Waals surface area contributed by atoms with Crippen molar-refractivity contribution >= 4 is 6.29 Å². The summed E-state index contributed by atoms with van der Waals surface area (Å²) in [5.41, 5.74) is -0.242. The van der Waals surface area contributed by atoms with Crippen LogP contribution in [-0.4, -0.2) is 17.0 Å². The molecule has 0 spiro atoms. The molecule has 0 aromatic carbocycles. The van der Waals surface area contributed by atoms with Crippen molar-refractivity contribution in [2.24, 2.45) is 5.92 Å². The van der Waals surface area contributed by atoms with Crippen molar-refractivity contribution in [3.63, 3.8) is 0 Å². The fourth-order valence-electron chi connectivity index (χ4n) is 0.883. The molecule has 0 rings (SSSR count). The maximum absolute atomic E-state index is 10.3. The molecule has 0 aliphatic heterocycles. The summed E-state index contributed by atoms with van der Waals surface area (Å²) >= 11 is 0. The Balaban J connectivity index is 4.59. The number of allylic oxidation sites excluding steroid dienone is 1. The Labute approximate surface area is 73.6 Å². The Bertz CT molecular complexity index is 196. The van der Waals surface area contributed by atoms with Gasteiger partial charge >= 0.3 is 0 Å². The molecule has 0 bridgehead atoms. The zero-order valence-electron chi connectivity index (χ0n) is 7.87. The van der Waals surface area contributed by atoms with Gasteiger partial charge < -0.3 is 5.11 Å². The molecule has 68 valence electrons. The fraction of sp³-hybridized carbons (Fsp3) is 0.500. The molecule has 0 aliphatic carbocycles. The SMILES string of the molecule is C=CC(/C=C(\C)C=O)C(C)(C)O. The minimum Gasteiger partial charge on any atom is -0.390 e. The Hall–Kier alpha value is -0.890. The van der Waals surface area contributed by atoms with Gasteiger partial charge in [-0.2, -0.15) is 0 Å². The highest BCUT2D eigenvalue weighted by Crippen LogP contribution is 2.19. The van der Waals surface area contributed by atoms with Crippen molar-refractivity contribution in [1.29, 1.82) is 0 Å². The van der Waals surface area contributed by atoms with E-state index in [2.05, 4.69) is 6.58 Å². The Morgan fingerprint density at radius 2 is 2.08 bits per heavy atom. The van der Waals surface area contributed by atoms with E-state index in [4.69, 9.17) is 0 Å². The zero-order valence-corrected chi connectivity index (χ0v) is 7.87. The lowest BCUT2D eigenvalue weighted by atomic mass is 9.90. The average molecular weight is 168 g/mol. The van der Waals surface area contributed by atoms with Gasteiger partial charge in [0.1, 0.15) is 6.29 Å². The number of carbonyl (C=O) groups is 1. The molecular formula is C10H16O2. The summed E-state index contributed by atoms with van der Waals surface area (Å²) < 4.78 is 0. The van der Waals surface area contributed by atoms with Crippen LogP contribution in [0.2, 0.25) is 0 Å². The molecule has 0 aromatic heterocycles. The van der Waals surface area contributed by atoms with Crippen molar-refractivity contribution in [3.8, 4) is 0 Å². The van der Waals surface area contributed by atoms with Gasteiger partial charge in [-0.3, -0.25) is 4.79 Å². The first-order valence-electron chi connectivity index (χ1n) is 3.90. The zero-order chi connectivity index (χ0) is 9.78. The highest BCUT2D eigenvalue weighted by Gasteiger charge is 2.21. The maximum atomic E-state index is 10.3. The van der Waals surface area contributed by atoms with E-state index >= 15 is 0 Å². The van der Waals surface area contributed by atoms with Crippen molar-refractivity contribution in [3.05, 3.63) is 24.3 Å². The summed E-state index contributed by atoms with van der Waals surface area (Å²) in [6.45, 7) is 8.67. The molecule has 0 radical (unpaired) electrons. The van der Waals surface area contributed by atoms with Gasteiger partial charge in [0.25, 0.3) is 0 Å². The van der Waals surface area contributed by atoms with E-state index in [1.807, 2.05) is 0 Å². The standard InChI is InChI=1S/C10H16O2/c1-5-9(10(3,4)12)6-8(2)7-11/h5-7,9,12H,1H2,2-4H3/b8-6+. The molecule has 0 fully saturated rings. The van der Waals surface area contributed by atoms with Crippen LogP contribution in [-0.2, 0) is 4.79 Å². The maximum Gasteiger partial charge on any atom is 0.145 e. The lowest BCUT2D eigenvalue weighted by Crippen LogP contribution is -2.28. The quantitative estimate of drug-likeness (QED) is 0.394. The van der Waals surface area contributed by atoms with Crippen molar-refractivity contribution in [2.45, 2.75) is 26.4 Å². The van der Waals surface area contributed by atoms with E-state index in [0.29, 0.717) is 5.57 Å². The molecule has 0 aromatic rings. The molecule has 0 aliphatic rings. The van der Waals surface area contributed by atoms with Gasteiger partial charge in [-0.1, -0.05) is 12.2 Å². The van der Waals surface area contributed by atoms with Gasteiger partial charge in [-0.15, -0.1) is 6.58 Å². The van der Waals surface area contributed by atoms with E-state index in [-0.39, 0.29) is 5.92 Å². The monoisotopic (exact) mass is 168 g/mol. The predicted octanol–water partition coefficient (Wildman–Crippen LogP) is 1.70. The highest BCUT2D eigenvalue weighted by molar-refractivity contribution is 5.72. The second-order valence-corrected chi connectivity index (χ2v) is 3.44. The van der Waals surface area contributed by atoms with E-state index in [1.54, 1.807) is 32.9 Å². The molecule has 1 N–H and O–H groups in total. The van der Waals surface area contributed by atoms with Crippen molar-refractivity contribution < 1.29 is 9.90 Å². The van der Waals surface area contributed by atoms with Crippen LogP contribution in [0.25, 0.3) is 0 Å². The molecule has 12 heavy (non-hydrogen) atoms. The second-order valence-electron chi connectivity index (χ2n) is 3.44. The van der Waals surface area contributed by atoms with E-state index in [0.717, 1.165) is 6.29 Å². The highest BCUT2D eigenvalue weighted by atomic mass is 16.3. The number of aldehydes is 1. The third-order valence-corrected chi connectivity index (χ3v) is 1.70. The van der Waals surface area contributed by atoms with E-state index < -0.39 is 5.60 Å². The van der Waals surface area contributed by atoms with Crippen LogP contribution >= 0.6 is 0 Å². The third kappa shape index (κ3) is 3.49. The summed E-state index contributed by atoms with van der Waals surface area (Å²) in [5.74, 6) is -0.178. The first-order chi connectivity index (χ1) is 5.41. The lowest BCUT2D eigenvalue weighted by Gasteiger charge is -2.23. The Morgan fingerprint density at radius 1 is 1.58 bits per heavy atom. The van der Waals surface area contributed by atoms with Crippen LogP contribution in [0.5, 0.6) is 0 Å². The van der Waals surface area contributed by atoms with Crippen LogP contribution in [0.1, 0.15) is 20.8 Å². The summed E-state index contributed by atoms with van der Waals surface area (Å²) in [6.07, 6.45) is 4.11. The van der Waals surface area contributed by atoms with Gasteiger partial charge in [0.05, 0.1) is 5.60 Å². The van der Waals surface area contributed by atoms with Gasteiger partial charge in [0, 0.05) is 5.92 Å². The van der Waals surface area contributed by atoms with E-state index in [9.17, 15) is 9.90 Å². The van der Waals surface area contributed by atoms with Crippen LogP contribution in [0, 0.1) is 5.92 Å². The number of hydrogen-bond acceptors (Lipinski definition) is 2. The number of rotatable bonds is 4. The smallest absolute Gasteiger partial charge is 0.145 e. The van der Waals surface area contributed by atoms with Gasteiger partial charge in [0.2, 0.25) is 0 Å². The van der Waals surface area contributed by atoms with Crippen LogP contribution in [0.3, 0.4) is 0 Å². The van der Waals surface area contributed by atoms with Gasteiger partial charge in [-0.25, -0.2) is 0 Å². The van der Waals surface area contributed by atoms with Gasteiger partial charge in [0.15, 0.2) is 0 Å². The summed E-state index contributed by atoms with van der Waals surface area (Å²) in [6, 6.07) is 0. The minimum absolute atomic E-state index is 0.178. The largest absolute Gasteiger partial charge is 0.390 e. The average Bonchev–Trinajstić information content (AvgIpc) is 1.97. The molecular weight excluding hydrogens is 152 g/mol. The topological polar surface area (TPSA) is 37.3 Å². The van der Waals surface area contributed by atoms with Crippen molar-refractivity contribution in [2.75, 3.05) is 0 Å². The molecule has 0 saturated carbocycles. The summed E-state index contributed by atoms with van der Waals surface area (Å²) in [7, 11) is 0. The normalized spacial score (nSPS) is 15.5. The second kappa shape index (κ2) is 4.21. The minimum atomic E-state index is -0.855. The molecule has 0 heterocycles. The van der Waals surface area contributed by atoms with Crippen LogP contribution in [0.15, 0.2) is 24.3 Å². The molecule has 2 heteroatoms. The first kappa shape index (κ1) is 11.1. The number of aliphatic hydroxyl groups is 1. The third-order valence-electron chi connectivity index (χ3n) is 1.70. The molecule has 0 saturated heterocycles. The van der Waals surface area contributed by atoms with Crippen LogP contribution < -0.4 is 0 Å². The Kier molecular flexibility index (Phi) is 3.90. The van der Waals surface area contributed by atoms with Crippen molar-refractivity contribution in [1.82, 2.24) is 0 Å². The molecule has 1 atom stereocenters. The number of carbonyl (C=O) groups excluding carboxylic acids is 1. The van der Waals surface area contributed by atoms with Gasteiger partial charge in [-0.05, 0) is 26.3 Å².